The molecule has 1 atom stereocenters. The molecule has 3 heterocycles. The van der Waals surface area contributed by atoms with E-state index in [4.69, 9.17) is 12.2 Å². The number of aromatic nitrogens is 4. The first kappa shape index (κ1) is 18.8. The SMILES string of the molecule is Cc1ccc(-n2c(=O)c3c4c(sc3n3c(=S)[nH]nc23)C[C@@H](C(C)(C)C)CC4)cc1. The summed E-state index contributed by atoms with van der Waals surface area (Å²) in [6, 6.07) is 7.96. The monoisotopic (exact) mass is 424 g/mol. The van der Waals surface area contributed by atoms with Crippen LogP contribution < -0.4 is 5.56 Å². The molecule has 0 saturated heterocycles. The van der Waals surface area contributed by atoms with Gasteiger partial charge in [-0.3, -0.25) is 4.79 Å². The molecule has 150 valence electrons. The summed E-state index contributed by atoms with van der Waals surface area (Å²) in [5, 5.41) is 8.11. The van der Waals surface area contributed by atoms with Crippen molar-refractivity contribution in [2.24, 2.45) is 11.3 Å². The summed E-state index contributed by atoms with van der Waals surface area (Å²) in [6.45, 7) is 8.97. The maximum Gasteiger partial charge on any atom is 0.268 e. The number of fused-ring (bicyclic) bond motifs is 5. The van der Waals surface area contributed by atoms with Crippen LogP contribution in [-0.4, -0.2) is 19.2 Å². The lowest BCUT2D eigenvalue weighted by Crippen LogP contribution is -2.27. The summed E-state index contributed by atoms with van der Waals surface area (Å²) >= 11 is 7.26. The van der Waals surface area contributed by atoms with Gasteiger partial charge in [0.15, 0.2) is 0 Å². The molecule has 1 aliphatic carbocycles. The van der Waals surface area contributed by atoms with Gasteiger partial charge in [-0.15, -0.1) is 16.4 Å². The van der Waals surface area contributed by atoms with E-state index in [1.165, 1.54) is 10.4 Å². The van der Waals surface area contributed by atoms with Crippen molar-refractivity contribution in [3.05, 3.63) is 55.4 Å². The van der Waals surface area contributed by atoms with Crippen molar-refractivity contribution in [1.82, 2.24) is 19.2 Å². The van der Waals surface area contributed by atoms with Crippen LogP contribution in [0.4, 0.5) is 0 Å². The van der Waals surface area contributed by atoms with Crippen molar-refractivity contribution in [3.8, 4) is 5.69 Å². The highest BCUT2D eigenvalue weighted by Crippen LogP contribution is 2.42. The van der Waals surface area contributed by atoms with E-state index in [1.807, 2.05) is 35.6 Å². The van der Waals surface area contributed by atoms with Crippen LogP contribution in [0.3, 0.4) is 0 Å². The van der Waals surface area contributed by atoms with Gasteiger partial charge < -0.3 is 0 Å². The number of hydrogen-bond donors (Lipinski definition) is 1. The van der Waals surface area contributed by atoms with Gasteiger partial charge in [0, 0.05) is 4.88 Å². The third-order valence-corrected chi connectivity index (χ3v) is 7.75. The van der Waals surface area contributed by atoms with Gasteiger partial charge >= 0.3 is 0 Å². The molecule has 0 saturated carbocycles. The van der Waals surface area contributed by atoms with E-state index in [0.717, 1.165) is 40.7 Å². The van der Waals surface area contributed by atoms with E-state index in [9.17, 15) is 4.79 Å². The Morgan fingerprint density at radius 2 is 1.97 bits per heavy atom. The van der Waals surface area contributed by atoms with Crippen LogP contribution in [0.2, 0.25) is 0 Å². The molecule has 0 unspecified atom stereocenters. The van der Waals surface area contributed by atoms with Gasteiger partial charge in [0.25, 0.3) is 5.56 Å². The first-order valence-electron chi connectivity index (χ1n) is 9.99. The highest BCUT2D eigenvalue weighted by atomic mass is 32.1. The van der Waals surface area contributed by atoms with Crippen molar-refractivity contribution in [3.63, 3.8) is 0 Å². The zero-order valence-electron chi connectivity index (χ0n) is 17.1. The van der Waals surface area contributed by atoms with E-state index in [2.05, 4.69) is 31.0 Å². The van der Waals surface area contributed by atoms with Crippen LogP contribution in [-0.2, 0) is 12.8 Å². The van der Waals surface area contributed by atoms with Crippen molar-refractivity contribution in [1.29, 1.82) is 0 Å². The van der Waals surface area contributed by atoms with Gasteiger partial charge in [-0.25, -0.2) is 14.1 Å². The fraction of sp³-hybridized carbons (Fsp3) is 0.409. The molecule has 5 rings (SSSR count). The van der Waals surface area contributed by atoms with Gasteiger partial charge in [-0.2, -0.15) is 0 Å². The molecule has 1 aromatic carbocycles. The lowest BCUT2D eigenvalue weighted by atomic mass is 9.72. The van der Waals surface area contributed by atoms with Gasteiger partial charge in [0.2, 0.25) is 10.5 Å². The minimum atomic E-state index is -0.00272. The highest BCUT2D eigenvalue weighted by Gasteiger charge is 2.32. The number of aromatic amines is 1. The normalized spacial score (nSPS) is 17.2. The second kappa shape index (κ2) is 6.37. The Morgan fingerprint density at radius 3 is 2.66 bits per heavy atom. The van der Waals surface area contributed by atoms with Crippen LogP contribution >= 0.6 is 23.6 Å². The Kier molecular flexibility index (Phi) is 4.12. The van der Waals surface area contributed by atoms with Crippen LogP contribution in [0.1, 0.15) is 43.2 Å². The van der Waals surface area contributed by atoms with Gasteiger partial charge in [0.05, 0.1) is 11.1 Å². The number of nitrogens with one attached hydrogen (secondary N) is 1. The smallest absolute Gasteiger partial charge is 0.268 e. The first-order chi connectivity index (χ1) is 13.8. The predicted octanol–water partition coefficient (Wildman–Crippen LogP) is 5.22. The number of aryl methyl sites for hydroxylation is 2. The molecule has 0 aliphatic heterocycles. The van der Waals surface area contributed by atoms with E-state index in [0.29, 0.717) is 16.5 Å². The van der Waals surface area contributed by atoms with Crippen molar-refractivity contribution >= 4 is 39.5 Å². The van der Waals surface area contributed by atoms with Gasteiger partial charge in [-0.1, -0.05) is 38.5 Å². The largest absolute Gasteiger partial charge is 0.268 e. The molecule has 1 aliphatic rings. The Bertz CT molecular complexity index is 1360. The number of rotatable bonds is 1. The third-order valence-electron chi connectivity index (χ3n) is 6.24. The Balaban J connectivity index is 1.85. The van der Waals surface area contributed by atoms with Crippen molar-refractivity contribution < 1.29 is 0 Å². The average Bonchev–Trinajstić information content (AvgIpc) is 3.23. The maximum absolute atomic E-state index is 13.7. The summed E-state index contributed by atoms with van der Waals surface area (Å²) in [5.41, 5.74) is 3.43. The molecule has 1 N–H and O–H groups in total. The Hall–Kier alpha value is -2.25. The van der Waals surface area contributed by atoms with E-state index >= 15 is 0 Å². The van der Waals surface area contributed by atoms with Crippen LogP contribution in [0.5, 0.6) is 0 Å². The van der Waals surface area contributed by atoms with Gasteiger partial charge in [-0.05, 0) is 67.4 Å². The number of H-pyrrole nitrogens is 1. The Morgan fingerprint density at radius 1 is 1.24 bits per heavy atom. The van der Waals surface area contributed by atoms with Crippen LogP contribution in [0, 0.1) is 23.0 Å². The fourth-order valence-electron chi connectivity index (χ4n) is 4.44. The zero-order chi connectivity index (χ0) is 20.5. The molecule has 0 amide bonds. The number of benzene rings is 1. The predicted molar refractivity (Wildman–Crippen MR) is 121 cm³/mol. The number of nitrogens with zero attached hydrogens (tertiary/aromatic N) is 3. The second-order valence-electron chi connectivity index (χ2n) is 9.13. The molecule has 0 fully saturated rings. The summed E-state index contributed by atoms with van der Waals surface area (Å²) in [5.74, 6) is 1.16. The lowest BCUT2D eigenvalue weighted by Gasteiger charge is -2.33. The van der Waals surface area contributed by atoms with Crippen LogP contribution in [0.25, 0.3) is 21.7 Å². The molecule has 29 heavy (non-hydrogen) atoms. The van der Waals surface area contributed by atoms with Crippen molar-refractivity contribution in [2.45, 2.75) is 47.0 Å². The second-order valence-corrected chi connectivity index (χ2v) is 10.6. The standard InChI is InChI=1S/C22H24N4OS2/c1-12-5-8-14(9-6-12)25-18(27)17-15-10-7-13(22(2,3)4)11-16(15)29-19(17)26-20(25)23-24-21(26)28/h5-6,8-9,13H,7,10-11H2,1-4H3,(H,24,28)/t13-/m0/s1. The number of thiophene rings is 1. The molecule has 4 aromatic rings. The van der Waals surface area contributed by atoms with Crippen molar-refractivity contribution in [2.75, 3.05) is 0 Å². The lowest BCUT2D eigenvalue weighted by molar-refractivity contribution is 0.218. The molecule has 0 spiro atoms. The minimum Gasteiger partial charge on any atom is -0.268 e. The van der Waals surface area contributed by atoms with E-state index in [1.54, 1.807) is 15.9 Å². The molecule has 0 bridgehead atoms. The zero-order valence-corrected chi connectivity index (χ0v) is 18.7. The van der Waals surface area contributed by atoms with Crippen LogP contribution in [0.15, 0.2) is 29.1 Å². The topological polar surface area (TPSA) is 55.1 Å². The third kappa shape index (κ3) is 2.82. The molecule has 5 nitrogen and oxygen atoms in total. The summed E-state index contributed by atoms with van der Waals surface area (Å²) in [7, 11) is 0. The van der Waals surface area contributed by atoms with Gasteiger partial charge in [0.1, 0.15) is 4.83 Å². The summed E-state index contributed by atoms with van der Waals surface area (Å²) in [4.78, 5) is 16.0. The molecular weight excluding hydrogens is 400 g/mol. The minimum absolute atomic E-state index is 0.00272. The first-order valence-corrected chi connectivity index (χ1v) is 11.2. The van der Waals surface area contributed by atoms with E-state index in [-0.39, 0.29) is 11.0 Å². The summed E-state index contributed by atoms with van der Waals surface area (Å²) in [6.07, 6.45) is 3.08. The highest BCUT2D eigenvalue weighted by molar-refractivity contribution is 7.71. The fourth-order valence-corrected chi connectivity index (χ4v) is 6.14. The quantitative estimate of drug-likeness (QED) is 0.426. The molecular formula is C22H24N4OS2. The molecule has 7 heteroatoms. The Labute approximate surface area is 178 Å². The number of hydrogen-bond acceptors (Lipinski definition) is 4. The molecule has 3 aromatic heterocycles. The molecule has 0 radical (unpaired) electrons. The van der Waals surface area contributed by atoms with E-state index < -0.39 is 0 Å². The average molecular weight is 425 g/mol. The maximum atomic E-state index is 13.7. The summed E-state index contributed by atoms with van der Waals surface area (Å²) < 4.78 is 4.15.